The van der Waals surface area contributed by atoms with E-state index in [0.717, 1.165) is 17.2 Å². The van der Waals surface area contributed by atoms with Crippen LogP contribution < -0.4 is 19.5 Å². The van der Waals surface area contributed by atoms with Gasteiger partial charge in [-0.1, -0.05) is 0 Å². The molecule has 8 heteroatoms. The van der Waals surface area contributed by atoms with Crippen molar-refractivity contribution < 1.29 is 19.0 Å². The van der Waals surface area contributed by atoms with Crippen molar-refractivity contribution in [2.75, 3.05) is 40.7 Å². The molecule has 0 saturated heterocycles. The number of nitrogens with one attached hydrogen (secondary N) is 1. The fourth-order valence-electron chi connectivity index (χ4n) is 2.30. The van der Waals surface area contributed by atoms with Crippen LogP contribution >= 0.6 is 11.3 Å². The number of anilines is 1. The largest absolute Gasteiger partial charge is 0.493 e. The molecular formula is C17H23N3O4S. The van der Waals surface area contributed by atoms with E-state index in [0.29, 0.717) is 22.9 Å². The molecule has 0 saturated carbocycles. The van der Waals surface area contributed by atoms with Crippen molar-refractivity contribution in [1.29, 1.82) is 0 Å². The zero-order chi connectivity index (χ0) is 18.4. The highest BCUT2D eigenvalue weighted by Crippen LogP contribution is 2.39. The number of thiazole rings is 1. The number of carbonyl (C=O) groups is 1. The topological polar surface area (TPSA) is 72.9 Å². The van der Waals surface area contributed by atoms with E-state index in [9.17, 15) is 4.79 Å². The summed E-state index contributed by atoms with van der Waals surface area (Å²) in [6, 6.07) is 3.38. The maximum atomic E-state index is 12.3. The Morgan fingerprint density at radius 2 is 1.80 bits per heavy atom. The lowest BCUT2D eigenvalue weighted by atomic mass is 10.2. The van der Waals surface area contributed by atoms with Gasteiger partial charge in [0.1, 0.15) is 5.01 Å². The normalized spacial score (nSPS) is 10.6. The molecule has 136 valence electrons. The van der Waals surface area contributed by atoms with Crippen molar-refractivity contribution in [3.8, 4) is 17.2 Å². The maximum absolute atomic E-state index is 12.3. The van der Waals surface area contributed by atoms with Crippen molar-refractivity contribution in [3.05, 3.63) is 28.2 Å². The van der Waals surface area contributed by atoms with Gasteiger partial charge in [0, 0.05) is 29.7 Å². The van der Waals surface area contributed by atoms with Crippen molar-refractivity contribution in [2.24, 2.45) is 0 Å². The van der Waals surface area contributed by atoms with E-state index in [1.807, 2.05) is 24.4 Å². The number of methoxy groups -OCH3 is 3. The van der Waals surface area contributed by atoms with Gasteiger partial charge in [-0.3, -0.25) is 4.79 Å². The standard InChI is InChI=1S/C17H23N3O4S/c1-20(2)9-16-19-12(10-25-16)8-15(21)18-11-6-13(22-3)17(24-5)14(7-11)23-4/h6-7,10H,8-9H2,1-5H3,(H,18,21). The van der Waals surface area contributed by atoms with Crippen LogP contribution in [0.1, 0.15) is 10.7 Å². The van der Waals surface area contributed by atoms with Gasteiger partial charge in [0.15, 0.2) is 11.5 Å². The molecule has 1 aromatic heterocycles. The number of ether oxygens (including phenoxy) is 3. The maximum Gasteiger partial charge on any atom is 0.230 e. The molecule has 1 amide bonds. The van der Waals surface area contributed by atoms with Crippen molar-refractivity contribution in [2.45, 2.75) is 13.0 Å². The first-order valence-corrected chi connectivity index (χ1v) is 8.52. The fourth-order valence-corrected chi connectivity index (χ4v) is 3.21. The molecule has 2 aromatic rings. The van der Waals surface area contributed by atoms with Gasteiger partial charge in [0.2, 0.25) is 11.7 Å². The lowest BCUT2D eigenvalue weighted by Crippen LogP contribution is -2.15. The van der Waals surface area contributed by atoms with E-state index >= 15 is 0 Å². The molecule has 1 N–H and O–H groups in total. The minimum absolute atomic E-state index is 0.157. The second-order valence-electron chi connectivity index (χ2n) is 5.61. The molecule has 0 radical (unpaired) electrons. The molecule has 0 bridgehead atoms. The highest BCUT2D eigenvalue weighted by molar-refractivity contribution is 7.09. The Bertz CT molecular complexity index is 705. The molecule has 0 unspecified atom stereocenters. The summed E-state index contributed by atoms with van der Waals surface area (Å²) in [4.78, 5) is 18.8. The van der Waals surface area contributed by atoms with Gasteiger partial charge in [-0.25, -0.2) is 4.98 Å². The number of hydrogen-bond donors (Lipinski definition) is 1. The molecule has 25 heavy (non-hydrogen) atoms. The molecule has 2 rings (SSSR count). The average molecular weight is 365 g/mol. The lowest BCUT2D eigenvalue weighted by Gasteiger charge is -2.14. The third kappa shape index (κ3) is 5.07. The second kappa shape index (κ2) is 8.68. The summed E-state index contributed by atoms with van der Waals surface area (Å²) in [6.07, 6.45) is 0.209. The Morgan fingerprint density at radius 3 is 2.32 bits per heavy atom. The SMILES string of the molecule is COc1cc(NC(=O)Cc2csc(CN(C)C)n2)cc(OC)c1OC. The van der Waals surface area contributed by atoms with Gasteiger partial charge >= 0.3 is 0 Å². The first-order chi connectivity index (χ1) is 12.0. The molecule has 0 atom stereocenters. The van der Waals surface area contributed by atoms with Crippen LogP contribution in [-0.2, 0) is 17.8 Å². The number of hydrogen-bond acceptors (Lipinski definition) is 7. The molecule has 0 aliphatic rings. The predicted octanol–water partition coefficient (Wildman–Crippen LogP) is 2.41. The summed E-state index contributed by atoms with van der Waals surface area (Å²) >= 11 is 1.55. The molecule has 0 aliphatic carbocycles. The van der Waals surface area contributed by atoms with E-state index < -0.39 is 0 Å². The van der Waals surface area contributed by atoms with Gasteiger partial charge in [-0.15, -0.1) is 11.3 Å². The van der Waals surface area contributed by atoms with E-state index in [-0.39, 0.29) is 12.3 Å². The highest BCUT2D eigenvalue weighted by Gasteiger charge is 2.15. The zero-order valence-corrected chi connectivity index (χ0v) is 15.9. The third-order valence-corrected chi connectivity index (χ3v) is 4.22. The van der Waals surface area contributed by atoms with Gasteiger partial charge < -0.3 is 24.4 Å². The van der Waals surface area contributed by atoms with Crippen molar-refractivity contribution in [1.82, 2.24) is 9.88 Å². The van der Waals surface area contributed by atoms with Crippen LogP contribution in [-0.4, -0.2) is 51.2 Å². The number of benzene rings is 1. The van der Waals surface area contributed by atoms with Crippen LogP contribution in [0, 0.1) is 0 Å². The monoisotopic (exact) mass is 365 g/mol. The van der Waals surface area contributed by atoms with E-state index in [4.69, 9.17) is 14.2 Å². The summed E-state index contributed by atoms with van der Waals surface area (Å²) in [5, 5.41) is 5.74. The summed E-state index contributed by atoms with van der Waals surface area (Å²) in [5.74, 6) is 1.30. The van der Waals surface area contributed by atoms with Gasteiger partial charge in [0.05, 0.1) is 33.4 Å². The van der Waals surface area contributed by atoms with Crippen LogP contribution in [0.2, 0.25) is 0 Å². The average Bonchev–Trinajstić information content (AvgIpc) is 2.99. The summed E-state index contributed by atoms with van der Waals surface area (Å²) in [7, 11) is 8.57. The number of nitrogens with zero attached hydrogens (tertiary/aromatic N) is 2. The number of carbonyl (C=O) groups excluding carboxylic acids is 1. The lowest BCUT2D eigenvalue weighted by molar-refractivity contribution is -0.115. The number of aromatic nitrogens is 1. The minimum atomic E-state index is -0.157. The Morgan fingerprint density at radius 1 is 1.16 bits per heavy atom. The number of rotatable bonds is 8. The Labute approximate surface area is 151 Å². The second-order valence-corrected chi connectivity index (χ2v) is 6.55. The number of amides is 1. The van der Waals surface area contributed by atoms with Gasteiger partial charge in [0.25, 0.3) is 0 Å². The quantitative estimate of drug-likeness (QED) is 0.774. The van der Waals surface area contributed by atoms with Gasteiger partial charge in [-0.2, -0.15) is 0 Å². The van der Waals surface area contributed by atoms with E-state index in [1.54, 1.807) is 23.5 Å². The van der Waals surface area contributed by atoms with E-state index in [2.05, 4.69) is 10.3 Å². The Kier molecular flexibility index (Phi) is 6.60. The van der Waals surface area contributed by atoms with Crippen LogP contribution in [0.3, 0.4) is 0 Å². The summed E-state index contributed by atoms with van der Waals surface area (Å²) < 4.78 is 15.8. The van der Waals surface area contributed by atoms with Crippen LogP contribution in [0.5, 0.6) is 17.2 Å². The van der Waals surface area contributed by atoms with Crippen LogP contribution in [0.25, 0.3) is 0 Å². The molecule has 1 heterocycles. The fraction of sp³-hybridized carbons (Fsp3) is 0.412. The van der Waals surface area contributed by atoms with Gasteiger partial charge in [-0.05, 0) is 14.1 Å². The van der Waals surface area contributed by atoms with E-state index in [1.165, 1.54) is 21.3 Å². The molecule has 7 nitrogen and oxygen atoms in total. The summed E-state index contributed by atoms with van der Waals surface area (Å²) in [5.41, 5.74) is 1.33. The van der Waals surface area contributed by atoms with Crippen LogP contribution in [0.4, 0.5) is 5.69 Å². The van der Waals surface area contributed by atoms with Crippen molar-refractivity contribution >= 4 is 22.9 Å². The summed E-state index contributed by atoms with van der Waals surface area (Å²) in [6.45, 7) is 0.763. The van der Waals surface area contributed by atoms with Crippen molar-refractivity contribution in [3.63, 3.8) is 0 Å². The Hall–Kier alpha value is -2.32. The third-order valence-electron chi connectivity index (χ3n) is 3.34. The Balaban J connectivity index is 2.08. The highest BCUT2D eigenvalue weighted by atomic mass is 32.1. The smallest absolute Gasteiger partial charge is 0.230 e. The first kappa shape index (κ1) is 19.0. The zero-order valence-electron chi connectivity index (χ0n) is 15.1. The molecule has 1 aromatic carbocycles. The van der Waals surface area contributed by atoms with Crippen LogP contribution in [0.15, 0.2) is 17.5 Å². The first-order valence-electron chi connectivity index (χ1n) is 7.64. The minimum Gasteiger partial charge on any atom is -0.493 e. The molecule has 0 aliphatic heterocycles. The molecular weight excluding hydrogens is 342 g/mol. The predicted molar refractivity (Wildman–Crippen MR) is 97.9 cm³/mol. The molecule has 0 fully saturated rings. The molecule has 0 spiro atoms.